The molecule has 0 aliphatic carbocycles. The van der Waals surface area contributed by atoms with Gasteiger partial charge in [-0.2, -0.15) is 5.10 Å². The van der Waals surface area contributed by atoms with Gasteiger partial charge in [-0.3, -0.25) is 0 Å². The highest BCUT2D eigenvalue weighted by Crippen LogP contribution is 2.51. The van der Waals surface area contributed by atoms with Crippen LogP contribution in [0.4, 0.5) is 0 Å². The number of carboxylic acid groups (broad SMARTS) is 1. The Balaban J connectivity index is 2.04. The number of aromatic nitrogens is 2. The molecule has 0 saturated carbocycles. The molecular weight excluding hydrogens is 348 g/mol. The van der Waals surface area contributed by atoms with Crippen LogP contribution >= 0.6 is 11.8 Å². The van der Waals surface area contributed by atoms with E-state index >= 15 is 0 Å². The lowest BCUT2D eigenvalue weighted by molar-refractivity contribution is 0.0688. The van der Waals surface area contributed by atoms with E-state index in [4.69, 9.17) is 0 Å². The number of rotatable bonds is 4. The van der Waals surface area contributed by atoms with Gasteiger partial charge in [0.25, 0.3) is 0 Å². The van der Waals surface area contributed by atoms with Gasteiger partial charge in [-0.15, -0.1) is 11.8 Å². The molecule has 2 aromatic carbocycles. The molecule has 2 N–H and O–H groups in total. The molecule has 132 valence electrons. The summed E-state index contributed by atoms with van der Waals surface area (Å²) in [5.41, 5.74) is 4.21. The number of hydrogen-bond donors (Lipinski definition) is 2. The summed E-state index contributed by atoms with van der Waals surface area (Å²) in [5, 5.41) is 23.7. The number of hydrogen-bond acceptors (Lipinski definition) is 4. The molecule has 1 atom stereocenters. The molecule has 3 aromatic rings. The fourth-order valence-corrected chi connectivity index (χ4v) is 4.65. The first-order chi connectivity index (χ1) is 12.6. The summed E-state index contributed by atoms with van der Waals surface area (Å²) in [5.74, 6) is -1.02. The lowest BCUT2D eigenvalue weighted by Crippen LogP contribution is -2.08. The Labute approximate surface area is 155 Å². The van der Waals surface area contributed by atoms with Crippen LogP contribution < -0.4 is 0 Å². The van der Waals surface area contributed by atoms with Crippen molar-refractivity contribution >= 4 is 17.7 Å². The minimum atomic E-state index is -1.02. The Morgan fingerprint density at radius 1 is 1.23 bits per heavy atom. The molecule has 1 aliphatic heterocycles. The Morgan fingerprint density at radius 3 is 2.77 bits per heavy atom. The van der Waals surface area contributed by atoms with Crippen molar-refractivity contribution in [3.63, 3.8) is 0 Å². The summed E-state index contributed by atoms with van der Waals surface area (Å²) >= 11 is 1.69. The Morgan fingerprint density at radius 2 is 2.04 bits per heavy atom. The summed E-state index contributed by atoms with van der Waals surface area (Å²) in [6, 6.07) is 15.4. The molecule has 1 unspecified atom stereocenters. The van der Waals surface area contributed by atoms with Gasteiger partial charge >= 0.3 is 5.97 Å². The number of thioether (sulfide) groups is 1. The summed E-state index contributed by atoms with van der Waals surface area (Å²) < 4.78 is 1.71. The van der Waals surface area contributed by atoms with Crippen LogP contribution in [0.15, 0.2) is 53.4 Å². The summed E-state index contributed by atoms with van der Waals surface area (Å²) in [6.07, 6.45) is 0.814. The van der Waals surface area contributed by atoms with E-state index in [1.165, 1.54) is 0 Å². The van der Waals surface area contributed by atoms with Crippen molar-refractivity contribution in [3.05, 3.63) is 65.4 Å². The second-order valence-corrected chi connectivity index (χ2v) is 7.41. The van der Waals surface area contributed by atoms with Gasteiger partial charge in [0.15, 0.2) is 5.69 Å². The van der Waals surface area contributed by atoms with E-state index in [-0.39, 0.29) is 17.6 Å². The van der Waals surface area contributed by atoms with Crippen molar-refractivity contribution < 1.29 is 15.0 Å². The van der Waals surface area contributed by atoms with E-state index in [2.05, 4.69) is 18.1 Å². The average Bonchev–Trinajstić information content (AvgIpc) is 3.08. The standard InChI is InChI=1S/C20H18N2O3S/c1-2-15-17-18(20(24)25)21-22(13-7-5-6-12(10-13)11-23)19(17)14-8-3-4-9-16(14)26-15/h3-10,15,23H,2,11H2,1H3,(H,24,25). The fourth-order valence-electron chi connectivity index (χ4n) is 3.39. The van der Waals surface area contributed by atoms with E-state index in [1.807, 2.05) is 42.5 Å². The number of carbonyl (C=O) groups is 1. The maximum absolute atomic E-state index is 11.9. The smallest absolute Gasteiger partial charge is 0.356 e. The zero-order valence-corrected chi connectivity index (χ0v) is 15.0. The summed E-state index contributed by atoms with van der Waals surface area (Å²) in [7, 11) is 0. The van der Waals surface area contributed by atoms with Crippen molar-refractivity contribution in [3.8, 4) is 16.9 Å². The molecule has 0 saturated heterocycles. The molecule has 0 radical (unpaired) electrons. The third-order valence-electron chi connectivity index (χ3n) is 4.57. The number of aromatic carboxylic acids is 1. The van der Waals surface area contributed by atoms with Crippen molar-refractivity contribution in [1.82, 2.24) is 9.78 Å². The normalized spacial score (nSPS) is 15.4. The van der Waals surface area contributed by atoms with Crippen molar-refractivity contribution in [1.29, 1.82) is 0 Å². The molecule has 0 amide bonds. The van der Waals surface area contributed by atoms with E-state index in [9.17, 15) is 15.0 Å². The van der Waals surface area contributed by atoms with Gasteiger partial charge in [-0.25, -0.2) is 9.48 Å². The van der Waals surface area contributed by atoms with Crippen molar-refractivity contribution in [2.24, 2.45) is 0 Å². The summed E-state index contributed by atoms with van der Waals surface area (Å²) in [6.45, 7) is 1.98. The van der Waals surface area contributed by atoms with Gasteiger partial charge in [0.1, 0.15) is 0 Å². The van der Waals surface area contributed by atoms with E-state index < -0.39 is 5.97 Å². The van der Waals surface area contributed by atoms with Gasteiger partial charge in [0.2, 0.25) is 0 Å². The number of aliphatic hydroxyl groups is 1. The first kappa shape index (κ1) is 16.9. The van der Waals surface area contributed by atoms with Crippen LogP contribution in [0.5, 0.6) is 0 Å². The Hall–Kier alpha value is -2.57. The lowest BCUT2D eigenvalue weighted by atomic mass is 10.00. The highest BCUT2D eigenvalue weighted by molar-refractivity contribution is 7.99. The van der Waals surface area contributed by atoms with Gasteiger partial charge in [0, 0.05) is 21.3 Å². The number of nitrogens with zero attached hydrogens (tertiary/aromatic N) is 2. The highest BCUT2D eigenvalue weighted by Gasteiger charge is 2.34. The zero-order chi connectivity index (χ0) is 18.3. The van der Waals surface area contributed by atoms with Crippen LogP contribution in [-0.2, 0) is 6.61 Å². The monoisotopic (exact) mass is 366 g/mol. The predicted molar refractivity (Wildman–Crippen MR) is 101 cm³/mol. The lowest BCUT2D eigenvalue weighted by Gasteiger charge is -2.24. The van der Waals surface area contributed by atoms with E-state index in [0.29, 0.717) is 0 Å². The fraction of sp³-hybridized carbons (Fsp3) is 0.200. The first-order valence-corrected chi connectivity index (χ1v) is 9.34. The van der Waals surface area contributed by atoms with E-state index in [0.717, 1.165) is 39.4 Å². The molecule has 0 spiro atoms. The molecular formula is C20H18N2O3S. The number of benzene rings is 2. The van der Waals surface area contributed by atoms with Crippen LogP contribution in [0.1, 0.15) is 40.2 Å². The molecule has 1 aromatic heterocycles. The maximum atomic E-state index is 11.9. The van der Waals surface area contributed by atoms with Crippen molar-refractivity contribution in [2.45, 2.75) is 30.1 Å². The molecule has 4 rings (SSSR count). The SMILES string of the molecule is CCC1Sc2ccccc2-c2c1c(C(=O)O)nn2-c1cccc(CO)c1. The number of aliphatic hydroxyl groups excluding tert-OH is 1. The van der Waals surface area contributed by atoms with Crippen LogP contribution in [0.3, 0.4) is 0 Å². The van der Waals surface area contributed by atoms with Crippen LogP contribution in [0.25, 0.3) is 16.9 Å². The molecule has 0 fully saturated rings. The topological polar surface area (TPSA) is 75.3 Å². The molecule has 5 nitrogen and oxygen atoms in total. The molecule has 0 bridgehead atoms. The summed E-state index contributed by atoms with van der Waals surface area (Å²) in [4.78, 5) is 13.0. The van der Waals surface area contributed by atoms with Gasteiger partial charge in [-0.1, -0.05) is 37.3 Å². The quantitative estimate of drug-likeness (QED) is 0.720. The largest absolute Gasteiger partial charge is 0.476 e. The third-order valence-corrected chi connectivity index (χ3v) is 6.03. The molecule has 1 aliphatic rings. The van der Waals surface area contributed by atoms with Crippen LogP contribution in [-0.4, -0.2) is 26.0 Å². The number of fused-ring (bicyclic) bond motifs is 3. The second kappa shape index (κ2) is 6.63. The van der Waals surface area contributed by atoms with E-state index in [1.54, 1.807) is 16.4 Å². The zero-order valence-electron chi connectivity index (χ0n) is 14.2. The van der Waals surface area contributed by atoms with Gasteiger partial charge in [0.05, 0.1) is 18.0 Å². The molecule has 26 heavy (non-hydrogen) atoms. The molecule has 2 heterocycles. The molecule has 6 heteroatoms. The van der Waals surface area contributed by atoms with Crippen molar-refractivity contribution in [2.75, 3.05) is 0 Å². The number of carboxylic acids is 1. The second-order valence-electron chi connectivity index (χ2n) is 6.17. The van der Waals surface area contributed by atoms with Crippen LogP contribution in [0, 0.1) is 0 Å². The first-order valence-electron chi connectivity index (χ1n) is 8.46. The third kappa shape index (κ3) is 2.62. The highest BCUT2D eigenvalue weighted by atomic mass is 32.2. The van der Waals surface area contributed by atoms with Gasteiger partial charge in [-0.05, 0) is 30.2 Å². The van der Waals surface area contributed by atoms with Crippen LogP contribution in [0.2, 0.25) is 0 Å². The minimum absolute atomic E-state index is 0.0424. The predicted octanol–water partition coefficient (Wildman–Crippen LogP) is 4.29. The maximum Gasteiger partial charge on any atom is 0.356 e. The average molecular weight is 366 g/mol. The van der Waals surface area contributed by atoms with Gasteiger partial charge < -0.3 is 10.2 Å². The Bertz CT molecular complexity index is 996. The Kier molecular flexibility index (Phi) is 4.30. The minimum Gasteiger partial charge on any atom is -0.476 e.